The van der Waals surface area contributed by atoms with Crippen LogP contribution < -0.4 is 5.32 Å². The third-order valence-corrected chi connectivity index (χ3v) is 3.37. The van der Waals surface area contributed by atoms with E-state index in [2.05, 4.69) is 36.5 Å². The first-order valence-corrected chi connectivity index (χ1v) is 6.52. The van der Waals surface area contributed by atoms with Crippen molar-refractivity contribution in [2.45, 2.75) is 32.2 Å². The Morgan fingerprint density at radius 1 is 1.11 bits per heavy atom. The van der Waals surface area contributed by atoms with E-state index in [1.807, 2.05) is 19.4 Å². The normalized spacial score (nSPS) is 12.6. The summed E-state index contributed by atoms with van der Waals surface area (Å²) in [5, 5.41) is 3.38. The Labute approximate surface area is 109 Å². The van der Waals surface area contributed by atoms with Crippen molar-refractivity contribution < 1.29 is 4.42 Å². The minimum atomic E-state index is 0.504. The molecule has 1 atom stereocenters. The van der Waals surface area contributed by atoms with Gasteiger partial charge in [-0.3, -0.25) is 0 Å². The van der Waals surface area contributed by atoms with Crippen LogP contribution in [0.2, 0.25) is 0 Å². The number of aryl methyl sites for hydroxylation is 2. The van der Waals surface area contributed by atoms with E-state index in [1.54, 1.807) is 6.26 Å². The maximum absolute atomic E-state index is 5.11. The number of benzene rings is 1. The molecule has 0 aliphatic heterocycles. The van der Waals surface area contributed by atoms with E-state index < -0.39 is 0 Å². The van der Waals surface area contributed by atoms with Crippen LogP contribution in [-0.2, 0) is 12.8 Å². The van der Waals surface area contributed by atoms with Crippen molar-refractivity contribution in [1.82, 2.24) is 5.32 Å². The molecule has 2 aromatic rings. The largest absolute Gasteiger partial charge is 0.472 e. The van der Waals surface area contributed by atoms with Crippen LogP contribution in [0.25, 0.3) is 0 Å². The molecule has 18 heavy (non-hydrogen) atoms. The van der Waals surface area contributed by atoms with Crippen molar-refractivity contribution in [3.8, 4) is 0 Å². The van der Waals surface area contributed by atoms with Crippen LogP contribution in [0.4, 0.5) is 0 Å². The molecule has 0 bridgehead atoms. The quantitative estimate of drug-likeness (QED) is 0.841. The van der Waals surface area contributed by atoms with Crippen LogP contribution in [0.3, 0.4) is 0 Å². The summed E-state index contributed by atoms with van der Waals surface area (Å²) in [7, 11) is 2.03. The molecular weight excluding hydrogens is 222 g/mol. The molecular formula is C16H21NO. The van der Waals surface area contributed by atoms with E-state index in [0.717, 1.165) is 19.3 Å². The minimum Gasteiger partial charge on any atom is -0.472 e. The summed E-state index contributed by atoms with van der Waals surface area (Å²) >= 11 is 0. The Hall–Kier alpha value is -1.54. The molecule has 96 valence electrons. The summed E-state index contributed by atoms with van der Waals surface area (Å²) in [4.78, 5) is 0. The molecule has 0 aliphatic carbocycles. The second-order valence-electron chi connectivity index (χ2n) is 4.85. The smallest absolute Gasteiger partial charge is 0.0935 e. The molecule has 2 rings (SSSR count). The summed E-state index contributed by atoms with van der Waals surface area (Å²) in [5.41, 5.74) is 3.99. The van der Waals surface area contributed by atoms with Gasteiger partial charge in [-0.25, -0.2) is 0 Å². The highest BCUT2D eigenvalue weighted by molar-refractivity contribution is 5.21. The lowest BCUT2D eigenvalue weighted by Crippen LogP contribution is -2.27. The van der Waals surface area contributed by atoms with Crippen molar-refractivity contribution in [3.05, 3.63) is 59.5 Å². The van der Waals surface area contributed by atoms with Crippen LogP contribution in [0.5, 0.6) is 0 Å². The molecule has 1 heterocycles. The molecule has 0 fully saturated rings. The van der Waals surface area contributed by atoms with Crippen molar-refractivity contribution >= 4 is 0 Å². The molecule has 0 saturated carbocycles. The zero-order valence-electron chi connectivity index (χ0n) is 11.1. The van der Waals surface area contributed by atoms with E-state index in [-0.39, 0.29) is 0 Å². The predicted molar refractivity (Wildman–Crippen MR) is 74.8 cm³/mol. The van der Waals surface area contributed by atoms with Crippen LogP contribution in [0.15, 0.2) is 47.3 Å². The van der Waals surface area contributed by atoms with Crippen molar-refractivity contribution in [3.63, 3.8) is 0 Å². The number of nitrogens with one attached hydrogen (secondary N) is 1. The van der Waals surface area contributed by atoms with E-state index in [9.17, 15) is 0 Å². The van der Waals surface area contributed by atoms with Gasteiger partial charge in [-0.2, -0.15) is 0 Å². The van der Waals surface area contributed by atoms with Gasteiger partial charge in [0.05, 0.1) is 12.5 Å². The van der Waals surface area contributed by atoms with Gasteiger partial charge in [0, 0.05) is 6.04 Å². The first-order valence-electron chi connectivity index (χ1n) is 6.52. The van der Waals surface area contributed by atoms with Gasteiger partial charge in [0.2, 0.25) is 0 Å². The van der Waals surface area contributed by atoms with E-state index in [4.69, 9.17) is 4.42 Å². The molecule has 1 unspecified atom stereocenters. The fraction of sp³-hybridized carbons (Fsp3) is 0.375. The van der Waals surface area contributed by atoms with Gasteiger partial charge < -0.3 is 9.73 Å². The zero-order valence-corrected chi connectivity index (χ0v) is 11.1. The van der Waals surface area contributed by atoms with Crippen molar-refractivity contribution in [1.29, 1.82) is 0 Å². The molecule has 1 N–H and O–H groups in total. The Kier molecular flexibility index (Phi) is 4.59. The average Bonchev–Trinajstić information content (AvgIpc) is 2.89. The van der Waals surface area contributed by atoms with Gasteiger partial charge in [-0.15, -0.1) is 0 Å². The monoisotopic (exact) mass is 243 g/mol. The molecule has 1 aromatic heterocycles. The molecule has 2 heteroatoms. The summed E-state index contributed by atoms with van der Waals surface area (Å²) in [6.45, 7) is 2.12. The first-order chi connectivity index (χ1) is 8.78. The highest BCUT2D eigenvalue weighted by Crippen LogP contribution is 2.11. The molecule has 0 aliphatic rings. The SMILES string of the molecule is CNC(CCc1ccc(C)cc1)Cc1ccoc1. The molecule has 2 nitrogen and oxygen atoms in total. The summed E-state index contributed by atoms with van der Waals surface area (Å²) in [6.07, 6.45) is 6.85. The van der Waals surface area contributed by atoms with Crippen LogP contribution >= 0.6 is 0 Å². The third kappa shape index (κ3) is 3.74. The number of rotatable bonds is 6. The Morgan fingerprint density at radius 2 is 1.89 bits per heavy atom. The zero-order chi connectivity index (χ0) is 12.8. The lowest BCUT2D eigenvalue weighted by Gasteiger charge is -2.15. The van der Waals surface area contributed by atoms with E-state index >= 15 is 0 Å². The highest BCUT2D eigenvalue weighted by atomic mass is 16.3. The van der Waals surface area contributed by atoms with Gasteiger partial charge >= 0.3 is 0 Å². The number of hydrogen-bond acceptors (Lipinski definition) is 2. The van der Waals surface area contributed by atoms with Crippen molar-refractivity contribution in [2.75, 3.05) is 7.05 Å². The van der Waals surface area contributed by atoms with E-state index in [1.165, 1.54) is 16.7 Å². The van der Waals surface area contributed by atoms with Gasteiger partial charge in [0.25, 0.3) is 0 Å². The van der Waals surface area contributed by atoms with Crippen LogP contribution in [0, 0.1) is 6.92 Å². The average molecular weight is 243 g/mol. The van der Waals surface area contributed by atoms with E-state index in [0.29, 0.717) is 6.04 Å². The minimum absolute atomic E-state index is 0.504. The van der Waals surface area contributed by atoms with Gasteiger partial charge in [-0.1, -0.05) is 29.8 Å². The van der Waals surface area contributed by atoms with Gasteiger partial charge in [0.15, 0.2) is 0 Å². The summed E-state index contributed by atoms with van der Waals surface area (Å²) < 4.78 is 5.11. The summed E-state index contributed by atoms with van der Waals surface area (Å²) in [5.74, 6) is 0. The molecule has 0 saturated heterocycles. The lowest BCUT2D eigenvalue weighted by atomic mass is 10.00. The number of hydrogen-bond donors (Lipinski definition) is 1. The first kappa shape index (κ1) is 12.9. The van der Waals surface area contributed by atoms with Gasteiger partial charge in [-0.05, 0) is 50.4 Å². The molecule has 1 aromatic carbocycles. The second kappa shape index (κ2) is 6.41. The topological polar surface area (TPSA) is 25.2 Å². The van der Waals surface area contributed by atoms with Crippen molar-refractivity contribution in [2.24, 2.45) is 0 Å². The fourth-order valence-corrected chi connectivity index (χ4v) is 2.14. The molecule has 0 radical (unpaired) electrons. The number of furan rings is 1. The fourth-order valence-electron chi connectivity index (χ4n) is 2.14. The second-order valence-corrected chi connectivity index (χ2v) is 4.85. The molecule has 0 amide bonds. The third-order valence-electron chi connectivity index (χ3n) is 3.37. The molecule has 0 spiro atoms. The maximum atomic E-state index is 5.11. The Morgan fingerprint density at radius 3 is 2.50 bits per heavy atom. The lowest BCUT2D eigenvalue weighted by molar-refractivity contribution is 0.512. The Balaban J connectivity index is 1.85. The van der Waals surface area contributed by atoms with Crippen LogP contribution in [0.1, 0.15) is 23.1 Å². The highest BCUT2D eigenvalue weighted by Gasteiger charge is 2.08. The standard InChI is InChI=1S/C16H21NO/c1-13-3-5-14(6-4-13)7-8-16(17-2)11-15-9-10-18-12-15/h3-6,9-10,12,16-17H,7-8,11H2,1-2H3. The van der Waals surface area contributed by atoms with Gasteiger partial charge in [0.1, 0.15) is 0 Å². The summed E-state index contributed by atoms with van der Waals surface area (Å²) in [6, 6.07) is 11.3. The Bertz CT molecular complexity index is 444. The number of likely N-dealkylation sites (N-methyl/N-ethyl adjacent to an activating group) is 1. The maximum Gasteiger partial charge on any atom is 0.0935 e. The predicted octanol–water partition coefficient (Wildman–Crippen LogP) is 3.35. The van der Waals surface area contributed by atoms with Crippen LogP contribution in [-0.4, -0.2) is 13.1 Å².